The number of aliphatic hydroxyl groups is 1. The van der Waals surface area contributed by atoms with E-state index in [0.717, 1.165) is 24.9 Å². The van der Waals surface area contributed by atoms with Crippen LogP contribution in [0.25, 0.3) is 10.9 Å². The Morgan fingerprint density at radius 1 is 1.11 bits per heavy atom. The maximum Gasteiger partial charge on any atom is 0.307 e. The van der Waals surface area contributed by atoms with Crippen molar-refractivity contribution in [2.45, 2.75) is 26.4 Å². The molecule has 1 heterocycles. The number of para-hydroxylation sites is 1. The molecule has 0 radical (unpaired) electrons. The van der Waals surface area contributed by atoms with E-state index in [1.165, 1.54) is 10.3 Å². The SMILES string of the molecule is CCN(CCc1ccccc1)c1cc2ccccc2n(OCC(C)O)c1=O. The third-order valence-corrected chi connectivity index (χ3v) is 4.53. The van der Waals surface area contributed by atoms with Gasteiger partial charge in [-0.25, -0.2) is 0 Å². The molecule has 5 nitrogen and oxygen atoms in total. The van der Waals surface area contributed by atoms with Crippen molar-refractivity contribution in [1.29, 1.82) is 0 Å². The standard InChI is InChI=1S/C22H26N2O3/c1-3-23(14-13-18-9-5-4-6-10-18)21-15-19-11-7-8-12-20(19)24(22(21)26)27-16-17(2)25/h4-12,15,17,25H,3,13-14,16H2,1-2H3. The van der Waals surface area contributed by atoms with Gasteiger partial charge in [-0.3, -0.25) is 4.79 Å². The molecule has 0 aliphatic rings. The van der Waals surface area contributed by atoms with E-state index in [9.17, 15) is 9.90 Å². The Balaban J connectivity index is 1.96. The highest BCUT2D eigenvalue weighted by Gasteiger charge is 2.15. The molecule has 0 bridgehead atoms. The molecule has 142 valence electrons. The second kappa shape index (κ2) is 8.73. The highest BCUT2D eigenvalue weighted by Crippen LogP contribution is 2.18. The minimum absolute atomic E-state index is 0.0590. The molecule has 0 fully saturated rings. The van der Waals surface area contributed by atoms with Gasteiger partial charge in [-0.2, -0.15) is 0 Å². The number of fused-ring (bicyclic) bond motifs is 1. The Hall–Kier alpha value is -2.79. The summed E-state index contributed by atoms with van der Waals surface area (Å²) in [6.07, 6.45) is 0.204. The first-order valence-corrected chi connectivity index (χ1v) is 9.35. The van der Waals surface area contributed by atoms with E-state index in [0.29, 0.717) is 11.2 Å². The van der Waals surface area contributed by atoms with Gasteiger partial charge in [0.05, 0.1) is 11.6 Å². The zero-order chi connectivity index (χ0) is 19.2. The molecule has 5 heteroatoms. The molecule has 2 aromatic carbocycles. The number of hydrogen-bond donors (Lipinski definition) is 1. The van der Waals surface area contributed by atoms with Crippen LogP contribution in [0.3, 0.4) is 0 Å². The second-order valence-corrected chi connectivity index (χ2v) is 6.65. The van der Waals surface area contributed by atoms with Gasteiger partial charge in [0.25, 0.3) is 0 Å². The van der Waals surface area contributed by atoms with Crippen LogP contribution in [-0.4, -0.2) is 35.6 Å². The van der Waals surface area contributed by atoms with E-state index >= 15 is 0 Å². The van der Waals surface area contributed by atoms with Gasteiger partial charge in [-0.05, 0) is 38.0 Å². The fourth-order valence-corrected chi connectivity index (χ4v) is 3.11. The third kappa shape index (κ3) is 4.49. The van der Waals surface area contributed by atoms with Crippen molar-refractivity contribution in [3.63, 3.8) is 0 Å². The minimum atomic E-state index is -0.653. The average molecular weight is 366 g/mol. The summed E-state index contributed by atoms with van der Waals surface area (Å²) < 4.78 is 1.31. The van der Waals surface area contributed by atoms with Crippen LogP contribution in [0, 0.1) is 0 Å². The van der Waals surface area contributed by atoms with Gasteiger partial charge >= 0.3 is 5.56 Å². The number of rotatable bonds is 8. The molecule has 1 unspecified atom stereocenters. The Morgan fingerprint density at radius 2 is 1.81 bits per heavy atom. The molecular formula is C22H26N2O3. The monoisotopic (exact) mass is 366 g/mol. The number of benzene rings is 2. The molecule has 0 saturated carbocycles. The van der Waals surface area contributed by atoms with Crippen molar-refractivity contribution in [2.75, 3.05) is 24.6 Å². The van der Waals surface area contributed by atoms with E-state index in [1.807, 2.05) is 55.5 Å². The summed E-state index contributed by atoms with van der Waals surface area (Å²) in [5, 5.41) is 10.5. The fraction of sp³-hybridized carbons (Fsp3) is 0.318. The lowest BCUT2D eigenvalue weighted by atomic mass is 10.1. The Bertz CT molecular complexity index is 935. The number of nitrogens with zero attached hydrogens (tertiary/aromatic N) is 2. The molecule has 1 atom stereocenters. The largest absolute Gasteiger partial charge is 0.407 e. The number of anilines is 1. The van der Waals surface area contributed by atoms with Crippen LogP contribution in [0.4, 0.5) is 5.69 Å². The van der Waals surface area contributed by atoms with Crippen LogP contribution in [0.5, 0.6) is 0 Å². The van der Waals surface area contributed by atoms with Crippen LogP contribution in [0.15, 0.2) is 65.5 Å². The predicted octanol–water partition coefficient (Wildman–Crippen LogP) is 2.88. The lowest BCUT2D eigenvalue weighted by Crippen LogP contribution is -2.37. The smallest absolute Gasteiger partial charge is 0.307 e. The summed E-state index contributed by atoms with van der Waals surface area (Å²) >= 11 is 0. The molecule has 0 spiro atoms. The topological polar surface area (TPSA) is 54.7 Å². The van der Waals surface area contributed by atoms with Gasteiger partial charge in [-0.1, -0.05) is 48.5 Å². The molecule has 0 amide bonds. The first kappa shape index (κ1) is 19.0. The molecule has 27 heavy (non-hydrogen) atoms. The van der Waals surface area contributed by atoms with Crippen molar-refractivity contribution in [3.05, 3.63) is 76.6 Å². The van der Waals surface area contributed by atoms with Crippen LogP contribution in [0.1, 0.15) is 19.4 Å². The summed E-state index contributed by atoms with van der Waals surface area (Å²) in [6.45, 7) is 5.20. The number of pyridine rings is 1. The molecular weight excluding hydrogens is 340 g/mol. The van der Waals surface area contributed by atoms with E-state index in [2.05, 4.69) is 17.0 Å². The summed E-state index contributed by atoms with van der Waals surface area (Å²) in [7, 11) is 0. The lowest BCUT2D eigenvalue weighted by molar-refractivity contribution is 0.0364. The van der Waals surface area contributed by atoms with E-state index < -0.39 is 6.10 Å². The van der Waals surface area contributed by atoms with Crippen molar-refractivity contribution < 1.29 is 9.94 Å². The number of hydrogen-bond acceptors (Lipinski definition) is 4. The van der Waals surface area contributed by atoms with Gasteiger partial charge in [0.2, 0.25) is 0 Å². The maximum absolute atomic E-state index is 13.1. The maximum atomic E-state index is 13.1. The lowest BCUT2D eigenvalue weighted by Gasteiger charge is -2.24. The normalized spacial score (nSPS) is 12.1. The first-order valence-electron chi connectivity index (χ1n) is 9.35. The quantitative estimate of drug-likeness (QED) is 0.666. The summed E-state index contributed by atoms with van der Waals surface area (Å²) in [5.74, 6) is 0. The predicted molar refractivity (Wildman–Crippen MR) is 109 cm³/mol. The molecule has 3 aromatic rings. The van der Waals surface area contributed by atoms with Crippen molar-refractivity contribution in [2.24, 2.45) is 0 Å². The molecule has 3 rings (SSSR count). The highest BCUT2D eigenvalue weighted by molar-refractivity contribution is 5.82. The van der Waals surface area contributed by atoms with Gasteiger partial charge in [-0.15, -0.1) is 4.73 Å². The third-order valence-electron chi connectivity index (χ3n) is 4.53. The van der Waals surface area contributed by atoms with E-state index in [-0.39, 0.29) is 12.2 Å². The molecule has 0 saturated heterocycles. The summed E-state index contributed by atoms with van der Waals surface area (Å²) in [5.41, 5.74) is 2.34. The van der Waals surface area contributed by atoms with Crippen LogP contribution < -0.4 is 15.3 Å². The van der Waals surface area contributed by atoms with Gasteiger partial charge in [0.1, 0.15) is 12.3 Å². The Labute approximate surface area is 159 Å². The second-order valence-electron chi connectivity index (χ2n) is 6.65. The van der Waals surface area contributed by atoms with Crippen LogP contribution in [-0.2, 0) is 6.42 Å². The zero-order valence-electron chi connectivity index (χ0n) is 15.8. The Kier molecular flexibility index (Phi) is 6.14. The van der Waals surface area contributed by atoms with Crippen LogP contribution in [0.2, 0.25) is 0 Å². The molecule has 0 aliphatic carbocycles. The average Bonchev–Trinajstić information content (AvgIpc) is 2.68. The highest BCUT2D eigenvalue weighted by atomic mass is 16.7. The van der Waals surface area contributed by atoms with Gasteiger partial charge in [0.15, 0.2) is 0 Å². The Morgan fingerprint density at radius 3 is 2.52 bits per heavy atom. The summed E-state index contributed by atoms with van der Waals surface area (Å²) in [6, 6.07) is 19.8. The summed E-state index contributed by atoms with van der Waals surface area (Å²) in [4.78, 5) is 20.8. The number of aliphatic hydroxyl groups excluding tert-OH is 1. The fourth-order valence-electron chi connectivity index (χ4n) is 3.11. The van der Waals surface area contributed by atoms with Crippen LogP contribution >= 0.6 is 0 Å². The molecule has 1 aromatic heterocycles. The number of aromatic nitrogens is 1. The zero-order valence-corrected chi connectivity index (χ0v) is 15.8. The van der Waals surface area contributed by atoms with Crippen molar-refractivity contribution in [1.82, 2.24) is 4.73 Å². The van der Waals surface area contributed by atoms with Crippen molar-refractivity contribution >= 4 is 16.6 Å². The van der Waals surface area contributed by atoms with Gasteiger partial charge < -0.3 is 14.8 Å². The van der Waals surface area contributed by atoms with E-state index in [1.54, 1.807) is 6.92 Å². The van der Waals surface area contributed by atoms with Crippen molar-refractivity contribution in [3.8, 4) is 0 Å². The first-order chi connectivity index (χ1) is 13.1. The number of likely N-dealkylation sites (N-methyl/N-ethyl adjacent to an activating group) is 1. The van der Waals surface area contributed by atoms with E-state index in [4.69, 9.17) is 4.84 Å². The minimum Gasteiger partial charge on any atom is -0.407 e. The molecule has 0 aliphatic heterocycles. The molecule has 1 N–H and O–H groups in total. The van der Waals surface area contributed by atoms with Gasteiger partial charge in [0, 0.05) is 18.5 Å².